The number of rotatable bonds is 5. The highest BCUT2D eigenvalue weighted by Crippen LogP contribution is 2.18. The van der Waals surface area contributed by atoms with E-state index < -0.39 is 0 Å². The van der Waals surface area contributed by atoms with Gasteiger partial charge in [-0.05, 0) is 59.5 Å². The Morgan fingerprint density at radius 2 is 1.22 bits per heavy atom. The zero-order valence-electron chi connectivity index (χ0n) is 12.6. The summed E-state index contributed by atoms with van der Waals surface area (Å²) in [6.45, 7) is 0.522. The van der Waals surface area contributed by atoms with Crippen molar-refractivity contribution in [3.8, 4) is 11.5 Å². The lowest BCUT2D eigenvalue weighted by atomic mass is 10.0. The molecule has 0 saturated heterocycles. The molecule has 0 amide bonds. The van der Waals surface area contributed by atoms with Crippen LogP contribution in [0.1, 0.15) is 16.7 Å². The molecule has 2 nitrogen and oxygen atoms in total. The van der Waals surface area contributed by atoms with Crippen LogP contribution in [0.4, 0.5) is 0 Å². The van der Waals surface area contributed by atoms with E-state index in [9.17, 15) is 5.11 Å². The molecule has 0 unspecified atom stereocenters. The van der Waals surface area contributed by atoms with E-state index in [1.54, 1.807) is 12.1 Å². The molecule has 3 aromatic rings. The zero-order valence-corrected chi connectivity index (χ0v) is 13.3. The smallest absolute Gasteiger partial charge is 0.119 e. The van der Waals surface area contributed by atoms with Crippen LogP contribution in [0, 0.1) is 0 Å². The van der Waals surface area contributed by atoms with Gasteiger partial charge in [0.15, 0.2) is 0 Å². The summed E-state index contributed by atoms with van der Waals surface area (Å²) in [6.07, 6.45) is 0.831. The summed E-state index contributed by atoms with van der Waals surface area (Å²) in [5, 5.41) is 10.0. The third-order valence-corrected chi connectivity index (χ3v) is 3.84. The van der Waals surface area contributed by atoms with Crippen LogP contribution in [-0.4, -0.2) is 5.11 Å². The van der Waals surface area contributed by atoms with Crippen molar-refractivity contribution in [1.82, 2.24) is 0 Å². The van der Waals surface area contributed by atoms with E-state index in [1.165, 1.54) is 5.56 Å². The Labute approximate surface area is 140 Å². The van der Waals surface area contributed by atoms with Crippen molar-refractivity contribution in [3.05, 3.63) is 94.5 Å². The first-order chi connectivity index (χ1) is 11.2. The molecule has 3 rings (SSSR count). The molecule has 23 heavy (non-hydrogen) atoms. The third kappa shape index (κ3) is 4.51. The lowest BCUT2D eigenvalue weighted by molar-refractivity contribution is 0.306. The summed E-state index contributed by atoms with van der Waals surface area (Å²) >= 11 is 5.87. The van der Waals surface area contributed by atoms with Gasteiger partial charge in [-0.25, -0.2) is 0 Å². The van der Waals surface area contributed by atoms with Crippen LogP contribution < -0.4 is 4.74 Å². The number of aromatic hydroxyl groups is 1. The molecular formula is C20H17ClO2. The molecule has 3 aromatic carbocycles. The highest BCUT2D eigenvalue weighted by Gasteiger charge is 2.00. The second-order valence-electron chi connectivity index (χ2n) is 5.40. The maximum atomic E-state index is 9.30. The van der Waals surface area contributed by atoms with E-state index in [0.717, 1.165) is 28.3 Å². The lowest BCUT2D eigenvalue weighted by Gasteiger charge is -2.08. The summed E-state index contributed by atoms with van der Waals surface area (Å²) in [6, 6.07) is 23.0. The van der Waals surface area contributed by atoms with Gasteiger partial charge in [-0.1, -0.05) is 48.0 Å². The van der Waals surface area contributed by atoms with Crippen LogP contribution in [0.2, 0.25) is 5.02 Å². The molecule has 3 heteroatoms. The molecule has 0 aromatic heterocycles. The van der Waals surface area contributed by atoms with E-state index in [1.807, 2.05) is 48.5 Å². The number of benzene rings is 3. The van der Waals surface area contributed by atoms with Crippen molar-refractivity contribution >= 4 is 11.6 Å². The third-order valence-electron chi connectivity index (χ3n) is 3.59. The Kier molecular flexibility index (Phi) is 4.84. The van der Waals surface area contributed by atoms with Crippen LogP contribution in [0.25, 0.3) is 0 Å². The van der Waals surface area contributed by atoms with E-state index >= 15 is 0 Å². The second-order valence-corrected chi connectivity index (χ2v) is 5.84. The van der Waals surface area contributed by atoms with Gasteiger partial charge in [0, 0.05) is 5.02 Å². The number of hydrogen-bond acceptors (Lipinski definition) is 2. The standard InChI is InChI=1S/C20H17ClO2/c21-18-7-1-17(2-8-18)14-23-20-11-5-16(6-12-20)13-15-3-9-19(22)10-4-15/h1-12,22H,13-14H2. The summed E-state index contributed by atoms with van der Waals surface area (Å²) in [5.74, 6) is 1.13. The normalized spacial score (nSPS) is 10.5. The van der Waals surface area contributed by atoms with Gasteiger partial charge in [0.1, 0.15) is 18.1 Å². The number of ether oxygens (including phenoxy) is 1. The van der Waals surface area contributed by atoms with Gasteiger partial charge in [-0.3, -0.25) is 0 Å². The molecule has 0 aliphatic carbocycles. The lowest BCUT2D eigenvalue weighted by Crippen LogP contribution is -1.95. The fourth-order valence-corrected chi connectivity index (χ4v) is 2.43. The highest BCUT2D eigenvalue weighted by molar-refractivity contribution is 6.30. The van der Waals surface area contributed by atoms with Crippen LogP contribution in [-0.2, 0) is 13.0 Å². The molecule has 0 atom stereocenters. The minimum absolute atomic E-state index is 0.291. The first-order valence-electron chi connectivity index (χ1n) is 7.43. The first kappa shape index (κ1) is 15.4. The van der Waals surface area contributed by atoms with Crippen LogP contribution in [0.3, 0.4) is 0 Å². The van der Waals surface area contributed by atoms with Gasteiger partial charge >= 0.3 is 0 Å². The van der Waals surface area contributed by atoms with Crippen molar-refractivity contribution in [2.24, 2.45) is 0 Å². The molecule has 0 saturated carbocycles. The molecule has 1 N–H and O–H groups in total. The molecule has 0 fully saturated rings. The summed E-state index contributed by atoms with van der Waals surface area (Å²) < 4.78 is 5.78. The summed E-state index contributed by atoms with van der Waals surface area (Å²) in [5.41, 5.74) is 3.45. The SMILES string of the molecule is Oc1ccc(Cc2ccc(OCc3ccc(Cl)cc3)cc2)cc1. The van der Waals surface area contributed by atoms with Gasteiger partial charge in [0.2, 0.25) is 0 Å². The molecule has 0 spiro atoms. The van der Waals surface area contributed by atoms with Crippen molar-refractivity contribution in [1.29, 1.82) is 0 Å². The summed E-state index contributed by atoms with van der Waals surface area (Å²) in [4.78, 5) is 0. The van der Waals surface area contributed by atoms with Crippen LogP contribution in [0.15, 0.2) is 72.8 Å². The molecule has 0 radical (unpaired) electrons. The molecule has 0 heterocycles. The van der Waals surface area contributed by atoms with E-state index in [0.29, 0.717) is 12.4 Å². The molecule has 0 aliphatic heterocycles. The highest BCUT2D eigenvalue weighted by atomic mass is 35.5. The monoisotopic (exact) mass is 324 g/mol. The topological polar surface area (TPSA) is 29.5 Å². The zero-order chi connectivity index (χ0) is 16.1. The molecule has 0 aliphatic rings. The van der Waals surface area contributed by atoms with E-state index in [2.05, 4.69) is 12.1 Å². The number of phenols is 1. The Balaban J connectivity index is 1.58. The van der Waals surface area contributed by atoms with Gasteiger partial charge in [-0.2, -0.15) is 0 Å². The van der Waals surface area contributed by atoms with Gasteiger partial charge < -0.3 is 9.84 Å². The Morgan fingerprint density at radius 3 is 1.83 bits per heavy atom. The minimum atomic E-state index is 0.291. The number of hydrogen-bond donors (Lipinski definition) is 1. The minimum Gasteiger partial charge on any atom is -0.508 e. The number of halogens is 1. The predicted molar refractivity (Wildman–Crippen MR) is 93.1 cm³/mol. The van der Waals surface area contributed by atoms with Crippen molar-refractivity contribution in [2.45, 2.75) is 13.0 Å². The Morgan fingerprint density at radius 1 is 0.696 bits per heavy atom. The average Bonchev–Trinajstić information content (AvgIpc) is 2.58. The molecule has 116 valence electrons. The maximum Gasteiger partial charge on any atom is 0.119 e. The van der Waals surface area contributed by atoms with Crippen LogP contribution in [0.5, 0.6) is 11.5 Å². The maximum absolute atomic E-state index is 9.30. The Hall–Kier alpha value is -2.45. The molecular weight excluding hydrogens is 308 g/mol. The fraction of sp³-hybridized carbons (Fsp3) is 0.100. The fourth-order valence-electron chi connectivity index (χ4n) is 2.30. The van der Waals surface area contributed by atoms with Crippen molar-refractivity contribution < 1.29 is 9.84 Å². The van der Waals surface area contributed by atoms with Crippen molar-refractivity contribution in [2.75, 3.05) is 0 Å². The predicted octanol–water partition coefficient (Wildman–Crippen LogP) is 5.22. The van der Waals surface area contributed by atoms with Gasteiger partial charge in [0.05, 0.1) is 0 Å². The second kappa shape index (κ2) is 7.21. The largest absolute Gasteiger partial charge is 0.508 e. The van der Waals surface area contributed by atoms with E-state index in [4.69, 9.17) is 16.3 Å². The number of phenolic OH excluding ortho intramolecular Hbond substituents is 1. The summed E-state index contributed by atoms with van der Waals surface area (Å²) in [7, 11) is 0. The van der Waals surface area contributed by atoms with E-state index in [-0.39, 0.29) is 0 Å². The Bertz CT molecular complexity index is 747. The molecule has 0 bridgehead atoms. The van der Waals surface area contributed by atoms with Crippen LogP contribution >= 0.6 is 11.6 Å². The average molecular weight is 325 g/mol. The van der Waals surface area contributed by atoms with Gasteiger partial charge in [0.25, 0.3) is 0 Å². The van der Waals surface area contributed by atoms with Gasteiger partial charge in [-0.15, -0.1) is 0 Å². The quantitative estimate of drug-likeness (QED) is 0.697. The van der Waals surface area contributed by atoms with Crippen molar-refractivity contribution in [3.63, 3.8) is 0 Å². The first-order valence-corrected chi connectivity index (χ1v) is 7.81.